The number of nitrogens with zero attached hydrogens (tertiary/aromatic N) is 2. The number of rotatable bonds is 1. The number of carbonyl (C=O) groups excluding carboxylic acids is 1. The largest absolute Gasteiger partial charge is 0.333 e. The van der Waals surface area contributed by atoms with Gasteiger partial charge >= 0.3 is 0 Å². The molecule has 0 aromatic heterocycles. The first-order valence-corrected chi connectivity index (χ1v) is 8.12. The van der Waals surface area contributed by atoms with Crippen LogP contribution >= 0.6 is 0 Å². The lowest BCUT2D eigenvalue weighted by Gasteiger charge is -2.51. The third-order valence-corrected chi connectivity index (χ3v) is 5.47. The van der Waals surface area contributed by atoms with Crippen LogP contribution in [0.1, 0.15) is 64.0 Å². The third kappa shape index (κ3) is 1.81. The molecular formula is C19H24N2O. The van der Waals surface area contributed by atoms with Crippen LogP contribution < -0.4 is 0 Å². The van der Waals surface area contributed by atoms with E-state index >= 15 is 0 Å². The van der Waals surface area contributed by atoms with E-state index in [1.54, 1.807) is 0 Å². The van der Waals surface area contributed by atoms with Gasteiger partial charge in [0.2, 0.25) is 0 Å². The number of benzene rings is 1. The summed E-state index contributed by atoms with van der Waals surface area (Å²) in [6, 6.07) is -1.34. The van der Waals surface area contributed by atoms with E-state index in [1.165, 1.54) is 9.80 Å². The number of fused-ring (bicyclic) bond motifs is 3. The van der Waals surface area contributed by atoms with Crippen molar-refractivity contribution in [3.63, 3.8) is 0 Å². The molecule has 0 saturated carbocycles. The molecule has 1 aliphatic carbocycles. The van der Waals surface area contributed by atoms with Crippen LogP contribution in [0.5, 0.6) is 0 Å². The Morgan fingerprint density at radius 3 is 3.23 bits per heavy atom. The van der Waals surface area contributed by atoms with Crippen molar-refractivity contribution in [2.24, 2.45) is 5.89 Å². The fraction of sp³-hybridized carbons (Fsp3) is 0.632. The molecule has 1 aromatic rings. The summed E-state index contributed by atoms with van der Waals surface area (Å²) in [5.74, 6) is -2.38. The Balaban J connectivity index is 1.64. The summed E-state index contributed by atoms with van der Waals surface area (Å²) < 4.78 is 67.1. The normalized spacial score (nSPS) is 49.5. The average molecular weight is 304 g/mol. The van der Waals surface area contributed by atoms with Crippen LogP contribution in [0.3, 0.4) is 0 Å². The highest BCUT2D eigenvalue weighted by atomic mass is 16.2. The van der Waals surface area contributed by atoms with Gasteiger partial charge in [-0.1, -0.05) is 12.1 Å². The molecule has 5 aliphatic rings. The summed E-state index contributed by atoms with van der Waals surface area (Å²) in [5.41, 5.74) is 1.51. The van der Waals surface area contributed by atoms with Gasteiger partial charge in [0, 0.05) is 37.5 Å². The molecule has 116 valence electrons. The van der Waals surface area contributed by atoms with Crippen molar-refractivity contribution in [1.82, 2.24) is 9.80 Å². The van der Waals surface area contributed by atoms with E-state index in [9.17, 15) is 4.79 Å². The van der Waals surface area contributed by atoms with Crippen molar-refractivity contribution < 1.29 is 15.8 Å². The van der Waals surface area contributed by atoms with Crippen molar-refractivity contribution in [3.8, 4) is 0 Å². The molecule has 2 bridgehead atoms. The number of hydrogen-bond donors (Lipinski definition) is 0. The SMILES string of the molecule is [2H]c1c([2H])c2c3c(c1[2H])C(=O)N([C@@H]1CN4CC[C@@]1([2H])C([2H])([2H])C4([2H])[2H])C[C@H]3CCC2. The Morgan fingerprint density at radius 2 is 2.27 bits per heavy atom. The summed E-state index contributed by atoms with van der Waals surface area (Å²) in [6.45, 7) is -1.66. The van der Waals surface area contributed by atoms with E-state index in [2.05, 4.69) is 0 Å². The van der Waals surface area contributed by atoms with Crippen LogP contribution in [0.15, 0.2) is 18.1 Å². The molecule has 6 rings (SSSR count). The second-order valence-electron chi connectivity index (χ2n) is 6.66. The number of carbonyl (C=O) groups is 1. The van der Waals surface area contributed by atoms with Crippen molar-refractivity contribution >= 4 is 5.91 Å². The average Bonchev–Trinajstić information content (AvgIpc) is 2.69. The van der Waals surface area contributed by atoms with Gasteiger partial charge in [0.1, 0.15) is 0 Å². The van der Waals surface area contributed by atoms with Gasteiger partial charge in [0.25, 0.3) is 5.91 Å². The van der Waals surface area contributed by atoms with Crippen LogP contribution in [0, 0.1) is 5.89 Å². The Morgan fingerprint density at radius 1 is 1.32 bits per heavy atom. The van der Waals surface area contributed by atoms with Gasteiger partial charge in [0.05, 0.1) is 4.11 Å². The quantitative estimate of drug-likeness (QED) is 0.796. The van der Waals surface area contributed by atoms with Gasteiger partial charge in [-0.3, -0.25) is 4.79 Å². The van der Waals surface area contributed by atoms with E-state index < -0.39 is 30.7 Å². The van der Waals surface area contributed by atoms with Crippen molar-refractivity contribution in [2.75, 3.05) is 26.1 Å². The standard InChI is InChI=1S/C19H24N2O/c22-19-16-6-2-4-14-3-1-5-15(18(14)16)11-21(19)17-12-20-9-7-13(17)8-10-20/h2,4,6,13,15,17H,1,3,5,7-12H2/t15-,17-/m1/s1/i2D,4D,6D,7D2,9D2,13D/t13-,15-,17-. The number of piperidine rings is 3. The Bertz CT molecular complexity index is 967. The van der Waals surface area contributed by atoms with Crippen LogP contribution in [-0.2, 0) is 6.42 Å². The van der Waals surface area contributed by atoms with Crippen molar-refractivity contribution in [1.29, 1.82) is 0 Å². The molecule has 1 amide bonds. The second-order valence-corrected chi connectivity index (χ2v) is 6.66. The Kier molecular flexibility index (Phi) is 1.64. The molecule has 0 radical (unpaired) electrons. The highest BCUT2D eigenvalue weighted by Gasteiger charge is 2.43. The molecule has 22 heavy (non-hydrogen) atoms. The predicted molar refractivity (Wildman–Crippen MR) is 86.1 cm³/mol. The first kappa shape index (κ1) is 7.48. The highest BCUT2D eigenvalue weighted by molar-refractivity contribution is 5.97. The molecule has 0 spiro atoms. The van der Waals surface area contributed by atoms with Gasteiger partial charge in [-0.05, 0) is 68.2 Å². The number of amides is 1. The summed E-state index contributed by atoms with van der Waals surface area (Å²) in [6.07, 6.45) is -0.142. The van der Waals surface area contributed by atoms with Gasteiger partial charge < -0.3 is 9.80 Å². The molecular weight excluding hydrogens is 272 g/mol. The molecule has 3 saturated heterocycles. The van der Waals surface area contributed by atoms with Crippen LogP contribution in [0.25, 0.3) is 0 Å². The van der Waals surface area contributed by atoms with E-state index in [-0.39, 0.29) is 55.7 Å². The Labute approximate surface area is 143 Å². The fourth-order valence-corrected chi connectivity index (χ4v) is 4.37. The summed E-state index contributed by atoms with van der Waals surface area (Å²) in [4.78, 5) is 16.5. The van der Waals surface area contributed by atoms with Crippen LogP contribution in [-0.4, -0.2) is 47.9 Å². The minimum Gasteiger partial charge on any atom is -0.333 e. The lowest BCUT2D eigenvalue weighted by atomic mass is 9.75. The molecule has 3 fully saturated rings. The summed E-state index contributed by atoms with van der Waals surface area (Å²) in [7, 11) is 0. The zero-order valence-corrected chi connectivity index (χ0v) is 12.4. The van der Waals surface area contributed by atoms with E-state index in [4.69, 9.17) is 11.0 Å². The molecule has 3 heteroatoms. The van der Waals surface area contributed by atoms with E-state index in [1.807, 2.05) is 0 Å². The zero-order valence-electron chi connectivity index (χ0n) is 20.4. The van der Waals surface area contributed by atoms with Gasteiger partial charge in [-0.15, -0.1) is 0 Å². The topological polar surface area (TPSA) is 23.6 Å². The lowest BCUT2D eigenvalue weighted by molar-refractivity contribution is 0.00258. The third-order valence-electron chi connectivity index (χ3n) is 5.47. The lowest BCUT2D eigenvalue weighted by Crippen LogP contribution is -2.60. The maximum Gasteiger partial charge on any atom is 0.254 e. The van der Waals surface area contributed by atoms with Gasteiger partial charge in [-0.25, -0.2) is 0 Å². The molecule has 4 heterocycles. The molecule has 0 N–H and O–H groups in total. The fourth-order valence-electron chi connectivity index (χ4n) is 4.37. The highest BCUT2D eigenvalue weighted by Crippen LogP contribution is 2.41. The van der Waals surface area contributed by atoms with E-state index in [0.717, 1.165) is 12.8 Å². The van der Waals surface area contributed by atoms with Gasteiger partial charge in [-0.2, -0.15) is 0 Å². The maximum absolute atomic E-state index is 13.6. The van der Waals surface area contributed by atoms with Crippen molar-refractivity contribution in [2.45, 2.75) is 44.0 Å². The first-order chi connectivity index (χ1) is 13.9. The minimum atomic E-state index is -2.46. The van der Waals surface area contributed by atoms with E-state index in [0.29, 0.717) is 17.5 Å². The van der Waals surface area contributed by atoms with Gasteiger partial charge in [0.15, 0.2) is 0 Å². The molecule has 1 aromatic carbocycles. The smallest absolute Gasteiger partial charge is 0.254 e. The second kappa shape index (κ2) is 4.82. The minimum absolute atomic E-state index is 0.0222. The van der Waals surface area contributed by atoms with Crippen LogP contribution in [0.2, 0.25) is 0 Å². The summed E-state index contributed by atoms with van der Waals surface area (Å²) in [5, 5.41) is 0. The molecule has 4 aliphatic heterocycles. The maximum atomic E-state index is 13.6. The monoisotopic (exact) mass is 304 g/mol. The molecule has 1 unspecified atom stereocenters. The number of hydrogen-bond acceptors (Lipinski definition) is 2. The van der Waals surface area contributed by atoms with Crippen LogP contribution in [0.4, 0.5) is 0 Å². The van der Waals surface area contributed by atoms with Crippen molar-refractivity contribution in [3.05, 3.63) is 34.8 Å². The zero-order chi connectivity index (χ0) is 21.8. The summed E-state index contributed by atoms with van der Waals surface area (Å²) >= 11 is 0. The first-order valence-electron chi connectivity index (χ1n) is 12.1. The Hall–Kier alpha value is -1.35. The molecule has 3 nitrogen and oxygen atoms in total. The molecule has 4 atom stereocenters. The predicted octanol–water partition coefficient (Wildman–Crippen LogP) is 2.66.